The van der Waals surface area contributed by atoms with Crippen LogP contribution in [-0.2, 0) is 9.59 Å². The Balaban J connectivity index is 1.47. The number of nitrogens with two attached hydrogens (primary N) is 1. The maximum Gasteiger partial charge on any atom is 0.272 e. The molecule has 4 rings (SSSR count). The SMILES string of the molecule is CCC(Sc1cccc(NC(=O)/C(=C/c2ccc(F)cc2)NC(=O)c2ccccc2)c1)C(=O)Nc1ccc(C(N)=O)cc1. The van der Waals surface area contributed by atoms with Crippen LogP contribution in [-0.4, -0.2) is 28.9 Å². The van der Waals surface area contributed by atoms with Crippen molar-refractivity contribution in [1.82, 2.24) is 5.32 Å². The monoisotopic (exact) mass is 596 g/mol. The van der Waals surface area contributed by atoms with Gasteiger partial charge in [0.15, 0.2) is 0 Å². The third-order valence-electron chi connectivity index (χ3n) is 6.18. The van der Waals surface area contributed by atoms with Gasteiger partial charge in [-0.1, -0.05) is 43.3 Å². The zero-order valence-electron chi connectivity index (χ0n) is 23.2. The van der Waals surface area contributed by atoms with Crippen LogP contribution < -0.4 is 21.7 Å². The van der Waals surface area contributed by atoms with E-state index in [0.29, 0.717) is 34.5 Å². The summed E-state index contributed by atoms with van der Waals surface area (Å²) < 4.78 is 13.4. The number of carbonyl (C=O) groups is 4. The van der Waals surface area contributed by atoms with Gasteiger partial charge in [-0.25, -0.2) is 4.39 Å². The van der Waals surface area contributed by atoms with Gasteiger partial charge in [-0.3, -0.25) is 19.2 Å². The van der Waals surface area contributed by atoms with E-state index in [9.17, 15) is 23.6 Å². The number of rotatable bonds is 11. The second-order valence-corrected chi connectivity index (χ2v) is 10.6. The van der Waals surface area contributed by atoms with Crippen molar-refractivity contribution in [3.05, 3.63) is 131 Å². The molecule has 0 aliphatic heterocycles. The summed E-state index contributed by atoms with van der Waals surface area (Å²) in [5, 5.41) is 7.85. The van der Waals surface area contributed by atoms with Crippen LogP contribution in [0.15, 0.2) is 114 Å². The Morgan fingerprint density at radius 3 is 2.16 bits per heavy atom. The number of halogens is 1. The molecule has 0 aromatic heterocycles. The third kappa shape index (κ3) is 8.88. The van der Waals surface area contributed by atoms with Crippen LogP contribution in [0, 0.1) is 5.82 Å². The minimum Gasteiger partial charge on any atom is -0.366 e. The van der Waals surface area contributed by atoms with Gasteiger partial charge in [0.05, 0.1) is 5.25 Å². The van der Waals surface area contributed by atoms with Gasteiger partial charge in [-0.05, 0) is 84.8 Å². The Bertz CT molecular complexity index is 1640. The van der Waals surface area contributed by atoms with Gasteiger partial charge < -0.3 is 21.7 Å². The van der Waals surface area contributed by atoms with E-state index in [2.05, 4.69) is 16.0 Å². The predicted octanol–water partition coefficient (Wildman–Crippen LogP) is 5.84. The van der Waals surface area contributed by atoms with Crippen molar-refractivity contribution in [1.29, 1.82) is 0 Å². The van der Waals surface area contributed by atoms with E-state index in [0.717, 1.165) is 4.90 Å². The summed E-state index contributed by atoms with van der Waals surface area (Å²) >= 11 is 1.33. The number of hydrogen-bond donors (Lipinski definition) is 4. The van der Waals surface area contributed by atoms with Gasteiger partial charge >= 0.3 is 0 Å². The quantitative estimate of drug-likeness (QED) is 0.128. The minimum atomic E-state index is -0.583. The van der Waals surface area contributed by atoms with Gasteiger partial charge in [0, 0.05) is 27.4 Å². The highest BCUT2D eigenvalue weighted by atomic mass is 32.2. The zero-order chi connectivity index (χ0) is 30.8. The van der Waals surface area contributed by atoms with Crippen LogP contribution in [0.1, 0.15) is 39.6 Å². The second-order valence-electron chi connectivity index (χ2n) is 9.36. The van der Waals surface area contributed by atoms with Crippen LogP contribution in [0.4, 0.5) is 15.8 Å². The summed E-state index contributed by atoms with van der Waals surface area (Å²) in [4.78, 5) is 51.2. The summed E-state index contributed by atoms with van der Waals surface area (Å²) in [6, 6.07) is 27.3. The molecular formula is C33H29FN4O4S. The van der Waals surface area contributed by atoms with Gasteiger partial charge in [0.2, 0.25) is 11.8 Å². The molecule has 0 saturated heterocycles. The average Bonchev–Trinajstić information content (AvgIpc) is 3.01. The molecule has 0 bridgehead atoms. The summed E-state index contributed by atoms with van der Waals surface area (Å²) in [6.45, 7) is 1.89. The maximum absolute atomic E-state index is 13.4. The Labute approximate surface area is 252 Å². The first kappa shape index (κ1) is 30.7. The molecule has 10 heteroatoms. The Kier molecular flexibility index (Phi) is 10.4. The summed E-state index contributed by atoms with van der Waals surface area (Å²) in [6.07, 6.45) is 1.99. The zero-order valence-corrected chi connectivity index (χ0v) is 24.0. The van der Waals surface area contributed by atoms with E-state index in [4.69, 9.17) is 5.73 Å². The molecule has 4 aromatic carbocycles. The molecule has 0 fully saturated rings. The molecule has 43 heavy (non-hydrogen) atoms. The fourth-order valence-electron chi connectivity index (χ4n) is 3.94. The van der Waals surface area contributed by atoms with Crippen LogP contribution in [0.5, 0.6) is 0 Å². The smallest absolute Gasteiger partial charge is 0.272 e. The molecule has 0 radical (unpaired) electrons. The first-order chi connectivity index (χ1) is 20.7. The molecule has 5 N–H and O–H groups in total. The number of benzene rings is 4. The lowest BCUT2D eigenvalue weighted by Gasteiger charge is -2.16. The lowest BCUT2D eigenvalue weighted by molar-refractivity contribution is -0.116. The summed E-state index contributed by atoms with van der Waals surface area (Å²) in [7, 11) is 0. The normalized spacial score (nSPS) is 11.7. The fourth-order valence-corrected chi connectivity index (χ4v) is 4.95. The molecule has 4 aromatic rings. The van der Waals surface area contributed by atoms with Crippen molar-refractivity contribution in [2.75, 3.05) is 10.6 Å². The van der Waals surface area contributed by atoms with E-state index in [1.807, 2.05) is 13.0 Å². The number of thioether (sulfide) groups is 1. The highest BCUT2D eigenvalue weighted by molar-refractivity contribution is 8.00. The van der Waals surface area contributed by atoms with Gasteiger partial charge in [-0.2, -0.15) is 0 Å². The molecule has 218 valence electrons. The number of primary amides is 1. The maximum atomic E-state index is 13.4. The van der Waals surface area contributed by atoms with Crippen LogP contribution in [0.25, 0.3) is 6.08 Å². The molecule has 1 atom stereocenters. The van der Waals surface area contributed by atoms with Crippen molar-refractivity contribution >= 4 is 52.8 Å². The van der Waals surface area contributed by atoms with Crippen molar-refractivity contribution in [2.24, 2.45) is 5.73 Å². The Hall–Kier alpha value is -5.22. The van der Waals surface area contributed by atoms with E-state index in [1.54, 1.807) is 72.8 Å². The van der Waals surface area contributed by atoms with E-state index >= 15 is 0 Å². The van der Waals surface area contributed by atoms with Crippen LogP contribution >= 0.6 is 11.8 Å². The van der Waals surface area contributed by atoms with E-state index in [-0.39, 0.29) is 11.6 Å². The van der Waals surface area contributed by atoms with Gasteiger partial charge in [0.25, 0.3) is 11.8 Å². The van der Waals surface area contributed by atoms with Crippen LogP contribution in [0.3, 0.4) is 0 Å². The number of anilines is 2. The summed E-state index contributed by atoms with van der Waals surface area (Å²) in [5.74, 6) is -2.26. The van der Waals surface area contributed by atoms with Crippen molar-refractivity contribution < 1.29 is 23.6 Å². The van der Waals surface area contributed by atoms with Gasteiger partial charge in [-0.15, -0.1) is 11.8 Å². The molecule has 4 amide bonds. The highest BCUT2D eigenvalue weighted by Gasteiger charge is 2.19. The van der Waals surface area contributed by atoms with E-state index < -0.39 is 28.8 Å². The number of nitrogens with one attached hydrogen (secondary N) is 3. The Morgan fingerprint density at radius 1 is 0.814 bits per heavy atom. The fraction of sp³-hybridized carbons (Fsp3) is 0.0909. The lowest BCUT2D eigenvalue weighted by atomic mass is 10.1. The summed E-state index contributed by atoms with van der Waals surface area (Å²) in [5.41, 5.74) is 7.45. The van der Waals surface area contributed by atoms with Crippen molar-refractivity contribution in [3.63, 3.8) is 0 Å². The molecule has 1 unspecified atom stereocenters. The van der Waals surface area contributed by atoms with Crippen molar-refractivity contribution in [2.45, 2.75) is 23.5 Å². The number of amides is 4. The molecule has 0 saturated carbocycles. The average molecular weight is 597 g/mol. The molecular weight excluding hydrogens is 567 g/mol. The molecule has 0 aliphatic rings. The first-order valence-corrected chi connectivity index (χ1v) is 14.2. The minimum absolute atomic E-state index is 0.0355. The molecule has 8 nitrogen and oxygen atoms in total. The standard InChI is InChI=1S/C33H29FN4O4S/c1-2-29(33(42)36-25-17-13-22(14-18-25)30(35)39)43-27-10-6-9-26(20-27)37-32(41)28(19-21-11-15-24(34)16-12-21)38-31(40)23-7-4-3-5-8-23/h3-20,29H,2H2,1H3,(H2,35,39)(H,36,42)(H,37,41)(H,38,40)/b28-19-. The number of hydrogen-bond acceptors (Lipinski definition) is 5. The molecule has 0 aliphatic carbocycles. The third-order valence-corrected chi connectivity index (χ3v) is 7.54. The predicted molar refractivity (Wildman–Crippen MR) is 167 cm³/mol. The lowest BCUT2D eigenvalue weighted by Crippen LogP contribution is -2.30. The van der Waals surface area contributed by atoms with Gasteiger partial charge in [0.1, 0.15) is 11.5 Å². The number of carbonyl (C=O) groups excluding carboxylic acids is 4. The molecule has 0 heterocycles. The first-order valence-electron chi connectivity index (χ1n) is 13.3. The van der Waals surface area contributed by atoms with Crippen LogP contribution in [0.2, 0.25) is 0 Å². The van der Waals surface area contributed by atoms with Crippen molar-refractivity contribution in [3.8, 4) is 0 Å². The highest BCUT2D eigenvalue weighted by Crippen LogP contribution is 2.29. The topological polar surface area (TPSA) is 130 Å². The Morgan fingerprint density at radius 2 is 1.51 bits per heavy atom. The van der Waals surface area contributed by atoms with E-state index in [1.165, 1.54) is 42.1 Å². The largest absolute Gasteiger partial charge is 0.366 e. The second kappa shape index (κ2) is 14.6. The molecule has 0 spiro atoms.